The number of hydrogen-bond acceptors (Lipinski definition) is 4. The normalized spacial score (nSPS) is 14.1. The number of esters is 2. The first kappa shape index (κ1) is 23.6. The lowest BCUT2D eigenvalue weighted by molar-refractivity contribution is -0.202. The fourth-order valence-corrected chi connectivity index (χ4v) is 1.67. The van der Waals surface area contributed by atoms with E-state index in [0.29, 0.717) is 6.42 Å². The second-order valence-electron chi connectivity index (χ2n) is 6.37. The van der Waals surface area contributed by atoms with Gasteiger partial charge >= 0.3 is 24.0 Å². The Bertz CT molecular complexity index is 446. The zero-order valence-electron chi connectivity index (χ0n) is 14.8. The van der Waals surface area contributed by atoms with Crippen LogP contribution in [-0.2, 0) is 19.1 Å². The smallest absolute Gasteiger partial charge is 0.389 e. The van der Waals surface area contributed by atoms with Crippen molar-refractivity contribution < 1.29 is 41.0 Å². The molecular weight excluding hydrogens is 351 g/mol. The molecular formula is C16H25F5O4. The monoisotopic (exact) mass is 376 g/mol. The van der Waals surface area contributed by atoms with Crippen LogP contribution in [0, 0.1) is 5.41 Å². The molecule has 4 nitrogen and oxygen atoms in total. The summed E-state index contributed by atoms with van der Waals surface area (Å²) < 4.78 is 73.2. The lowest BCUT2D eigenvalue weighted by Crippen LogP contribution is -2.46. The van der Waals surface area contributed by atoms with Gasteiger partial charge in [-0.1, -0.05) is 13.8 Å². The second kappa shape index (κ2) is 9.33. The fraction of sp³-hybridized carbons (Fsp3) is 0.875. The number of ether oxygens (including phenoxy) is 2. The molecule has 0 aliphatic carbocycles. The lowest BCUT2D eigenvalue weighted by atomic mass is 9.90. The predicted molar refractivity (Wildman–Crippen MR) is 80.1 cm³/mol. The van der Waals surface area contributed by atoms with E-state index >= 15 is 0 Å². The molecule has 0 aromatic rings. The van der Waals surface area contributed by atoms with Crippen molar-refractivity contribution in [3.63, 3.8) is 0 Å². The van der Waals surface area contributed by atoms with Crippen LogP contribution in [0.15, 0.2) is 0 Å². The zero-order chi connectivity index (χ0) is 19.9. The Morgan fingerprint density at radius 2 is 1.52 bits per heavy atom. The summed E-state index contributed by atoms with van der Waals surface area (Å²) in [6.07, 6.45) is -7.91. The van der Waals surface area contributed by atoms with Crippen LogP contribution in [0.5, 0.6) is 0 Å². The van der Waals surface area contributed by atoms with E-state index in [0.717, 1.165) is 0 Å². The minimum atomic E-state index is -4.35. The van der Waals surface area contributed by atoms with E-state index in [4.69, 9.17) is 4.74 Å². The molecule has 0 radical (unpaired) electrons. The maximum absolute atomic E-state index is 14.1. The van der Waals surface area contributed by atoms with Gasteiger partial charge in [0.25, 0.3) is 0 Å². The van der Waals surface area contributed by atoms with E-state index in [-0.39, 0.29) is 19.3 Å². The van der Waals surface area contributed by atoms with Crippen LogP contribution in [-0.4, -0.2) is 36.7 Å². The van der Waals surface area contributed by atoms with Crippen molar-refractivity contribution in [2.24, 2.45) is 5.41 Å². The fourth-order valence-electron chi connectivity index (χ4n) is 1.67. The Morgan fingerprint density at radius 3 is 1.96 bits per heavy atom. The SMILES string of the molecule is CCC(OC(=O)C(C)(C)CC)C(F)(F)C(=O)OCCCCC(F)(F)F. The van der Waals surface area contributed by atoms with Crippen molar-refractivity contribution in [1.29, 1.82) is 0 Å². The summed E-state index contributed by atoms with van der Waals surface area (Å²) in [6.45, 7) is 5.50. The maximum Gasteiger partial charge on any atom is 0.389 e. The summed E-state index contributed by atoms with van der Waals surface area (Å²) in [5.41, 5.74) is -0.981. The summed E-state index contributed by atoms with van der Waals surface area (Å²) in [5, 5.41) is 0. The highest BCUT2D eigenvalue weighted by atomic mass is 19.4. The first-order chi connectivity index (χ1) is 11.3. The molecule has 0 aromatic carbocycles. The summed E-state index contributed by atoms with van der Waals surface area (Å²) in [5.74, 6) is -6.84. The summed E-state index contributed by atoms with van der Waals surface area (Å²) in [7, 11) is 0. The first-order valence-electron chi connectivity index (χ1n) is 8.10. The highest BCUT2D eigenvalue weighted by Gasteiger charge is 2.51. The van der Waals surface area contributed by atoms with Gasteiger partial charge in [-0.3, -0.25) is 4.79 Å². The van der Waals surface area contributed by atoms with E-state index in [1.165, 1.54) is 20.8 Å². The van der Waals surface area contributed by atoms with Gasteiger partial charge in [-0.25, -0.2) is 4.79 Å². The van der Waals surface area contributed by atoms with Gasteiger partial charge in [-0.05, 0) is 39.5 Å². The molecule has 0 amide bonds. The summed E-state index contributed by atoms with van der Waals surface area (Å²) in [6, 6.07) is 0. The van der Waals surface area contributed by atoms with Crippen LogP contribution >= 0.6 is 0 Å². The van der Waals surface area contributed by atoms with Crippen LogP contribution in [0.3, 0.4) is 0 Å². The average Bonchev–Trinajstić information content (AvgIpc) is 2.50. The Hall–Kier alpha value is -1.41. The standard InChI is InChI=1S/C16H25F5O4/c1-5-11(25-12(22)14(3,4)6-2)16(20,21)13(23)24-10-8-7-9-15(17,18)19/h11H,5-10H2,1-4H3. The van der Waals surface area contributed by atoms with Gasteiger partial charge in [0.15, 0.2) is 6.10 Å². The van der Waals surface area contributed by atoms with Crippen LogP contribution in [0.2, 0.25) is 0 Å². The van der Waals surface area contributed by atoms with Gasteiger partial charge in [-0.15, -0.1) is 0 Å². The molecule has 25 heavy (non-hydrogen) atoms. The molecule has 0 saturated carbocycles. The predicted octanol–water partition coefficient (Wildman–Crippen LogP) is 4.66. The van der Waals surface area contributed by atoms with Crippen molar-refractivity contribution in [3.05, 3.63) is 0 Å². The molecule has 1 unspecified atom stereocenters. The summed E-state index contributed by atoms with van der Waals surface area (Å²) >= 11 is 0. The molecule has 0 saturated heterocycles. The van der Waals surface area contributed by atoms with Crippen LogP contribution in [0.25, 0.3) is 0 Å². The molecule has 0 spiro atoms. The number of alkyl halides is 5. The number of halogens is 5. The van der Waals surface area contributed by atoms with Gasteiger partial charge in [0.2, 0.25) is 0 Å². The molecule has 0 fully saturated rings. The van der Waals surface area contributed by atoms with Gasteiger partial charge < -0.3 is 9.47 Å². The molecule has 0 aromatic heterocycles. The molecule has 148 valence electrons. The number of unbranched alkanes of at least 4 members (excludes halogenated alkanes) is 1. The van der Waals surface area contributed by atoms with E-state index in [9.17, 15) is 31.5 Å². The minimum Gasteiger partial charge on any atom is -0.461 e. The van der Waals surface area contributed by atoms with Crippen LogP contribution < -0.4 is 0 Å². The van der Waals surface area contributed by atoms with Crippen molar-refractivity contribution >= 4 is 11.9 Å². The largest absolute Gasteiger partial charge is 0.461 e. The minimum absolute atomic E-state index is 0.194. The molecule has 0 aliphatic rings. The van der Waals surface area contributed by atoms with Gasteiger partial charge in [0, 0.05) is 6.42 Å². The van der Waals surface area contributed by atoms with Crippen LogP contribution in [0.4, 0.5) is 22.0 Å². The van der Waals surface area contributed by atoms with Crippen molar-refractivity contribution in [2.75, 3.05) is 6.61 Å². The third-order valence-corrected chi connectivity index (χ3v) is 3.82. The van der Waals surface area contributed by atoms with Crippen LogP contribution in [0.1, 0.15) is 59.8 Å². The molecule has 0 rings (SSSR count). The average molecular weight is 376 g/mol. The molecule has 0 heterocycles. The first-order valence-corrected chi connectivity index (χ1v) is 8.10. The molecule has 0 N–H and O–H groups in total. The highest BCUT2D eigenvalue weighted by Crippen LogP contribution is 2.30. The summed E-state index contributed by atoms with van der Waals surface area (Å²) in [4.78, 5) is 23.5. The zero-order valence-corrected chi connectivity index (χ0v) is 14.8. The Kier molecular flexibility index (Phi) is 8.81. The Labute approximate surface area is 144 Å². The van der Waals surface area contributed by atoms with E-state index in [1.54, 1.807) is 6.92 Å². The van der Waals surface area contributed by atoms with Crippen molar-refractivity contribution in [3.8, 4) is 0 Å². The molecule has 0 bridgehead atoms. The number of carbonyl (C=O) groups excluding carboxylic acids is 2. The number of carbonyl (C=O) groups is 2. The van der Waals surface area contributed by atoms with E-state index in [1.807, 2.05) is 0 Å². The third-order valence-electron chi connectivity index (χ3n) is 3.82. The lowest BCUT2D eigenvalue weighted by Gasteiger charge is -2.28. The van der Waals surface area contributed by atoms with E-state index in [2.05, 4.69) is 4.74 Å². The quantitative estimate of drug-likeness (QED) is 0.316. The van der Waals surface area contributed by atoms with E-state index < -0.39 is 48.6 Å². The molecule has 1 atom stereocenters. The van der Waals surface area contributed by atoms with Crippen molar-refractivity contribution in [1.82, 2.24) is 0 Å². The maximum atomic E-state index is 14.1. The second-order valence-corrected chi connectivity index (χ2v) is 6.37. The molecule has 9 heteroatoms. The van der Waals surface area contributed by atoms with Gasteiger partial charge in [0.05, 0.1) is 12.0 Å². The van der Waals surface area contributed by atoms with Gasteiger partial charge in [-0.2, -0.15) is 22.0 Å². The third kappa shape index (κ3) is 8.00. The van der Waals surface area contributed by atoms with Crippen molar-refractivity contribution in [2.45, 2.75) is 78.0 Å². The Balaban J connectivity index is 4.62. The Morgan fingerprint density at radius 1 is 0.960 bits per heavy atom. The van der Waals surface area contributed by atoms with Gasteiger partial charge in [0.1, 0.15) is 0 Å². The molecule has 0 aliphatic heterocycles. The highest BCUT2D eigenvalue weighted by molar-refractivity contribution is 5.80. The number of rotatable bonds is 10. The topological polar surface area (TPSA) is 52.6 Å². The number of hydrogen-bond donors (Lipinski definition) is 0.